The highest BCUT2D eigenvalue weighted by Crippen LogP contribution is 2.24. The van der Waals surface area contributed by atoms with Crippen LogP contribution in [0.3, 0.4) is 0 Å². The lowest BCUT2D eigenvalue weighted by atomic mass is 10.1. The van der Waals surface area contributed by atoms with Gasteiger partial charge in [-0.25, -0.2) is 4.39 Å². The molecule has 1 aromatic carbocycles. The van der Waals surface area contributed by atoms with Crippen LogP contribution in [0, 0.1) is 5.82 Å². The average molecular weight is 349 g/mol. The van der Waals surface area contributed by atoms with E-state index in [1.165, 1.54) is 6.07 Å². The van der Waals surface area contributed by atoms with E-state index in [2.05, 4.69) is 10.2 Å². The van der Waals surface area contributed by atoms with Crippen molar-refractivity contribution in [1.82, 2.24) is 10.2 Å². The third-order valence-corrected chi connectivity index (χ3v) is 5.15. The van der Waals surface area contributed by atoms with Crippen LogP contribution in [0.5, 0.6) is 0 Å². The van der Waals surface area contributed by atoms with E-state index >= 15 is 0 Å². The highest BCUT2D eigenvalue weighted by Gasteiger charge is 2.18. The molecule has 0 aromatic heterocycles. The number of anilines is 1. The molecule has 2 aliphatic rings. The first-order chi connectivity index (χ1) is 12.1. The first-order valence-electron chi connectivity index (χ1n) is 9.36. The molecule has 0 unspecified atom stereocenters. The third kappa shape index (κ3) is 4.92. The number of carbonyl (C=O) groups is 1. The Kier molecular flexibility index (Phi) is 6.26. The zero-order chi connectivity index (χ0) is 17.6. The molecule has 6 heteroatoms. The van der Waals surface area contributed by atoms with Gasteiger partial charge in [-0.3, -0.25) is 4.79 Å². The minimum atomic E-state index is -0.318. The van der Waals surface area contributed by atoms with Crippen molar-refractivity contribution in [2.24, 2.45) is 0 Å². The normalized spacial score (nSPS) is 19.4. The van der Waals surface area contributed by atoms with Crippen molar-refractivity contribution in [2.45, 2.75) is 38.2 Å². The Morgan fingerprint density at radius 3 is 2.60 bits per heavy atom. The van der Waals surface area contributed by atoms with Crippen LogP contribution in [0.15, 0.2) is 18.2 Å². The molecule has 2 saturated heterocycles. The summed E-state index contributed by atoms with van der Waals surface area (Å²) in [5, 5.41) is 12.4. The lowest BCUT2D eigenvalue weighted by molar-refractivity contribution is 0.0816. The summed E-state index contributed by atoms with van der Waals surface area (Å²) >= 11 is 0. The second kappa shape index (κ2) is 8.63. The summed E-state index contributed by atoms with van der Waals surface area (Å²) < 4.78 is 14.3. The van der Waals surface area contributed by atoms with Gasteiger partial charge in [0.05, 0.1) is 11.8 Å². The number of benzene rings is 1. The Morgan fingerprint density at radius 2 is 1.92 bits per heavy atom. The number of halogens is 1. The first-order valence-corrected chi connectivity index (χ1v) is 9.36. The number of rotatable bonds is 6. The summed E-state index contributed by atoms with van der Waals surface area (Å²) in [6.07, 6.45) is 4.55. The second-order valence-electron chi connectivity index (χ2n) is 7.04. The predicted octanol–water partition coefficient (Wildman–Crippen LogP) is 2.00. The molecular weight excluding hydrogens is 321 g/mol. The topological polar surface area (TPSA) is 55.8 Å². The van der Waals surface area contributed by atoms with Gasteiger partial charge < -0.3 is 20.2 Å². The van der Waals surface area contributed by atoms with Gasteiger partial charge in [-0.05, 0) is 56.8 Å². The zero-order valence-electron chi connectivity index (χ0n) is 14.7. The van der Waals surface area contributed by atoms with E-state index < -0.39 is 0 Å². The molecular formula is C19H28FN3O2. The second-order valence-corrected chi connectivity index (χ2v) is 7.04. The monoisotopic (exact) mass is 349 g/mol. The maximum Gasteiger partial charge on any atom is 0.251 e. The number of piperidine rings is 1. The molecule has 0 spiro atoms. The highest BCUT2D eigenvalue weighted by atomic mass is 19.1. The molecule has 0 bridgehead atoms. The van der Waals surface area contributed by atoms with E-state index in [-0.39, 0.29) is 17.8 Å². The van der Waals surface area contributed by atoms with Gasteiger partial charge >= 0.3 is 0 Å². The number of aliphatic hydroxyl groups excluding tert-OH is 1. The van der Waals surface area contributed by atoms with Gasteiger partial charge in [-0.15, -0.1) is 0 Å². The van der Waals surface area contributed by atoms with Gasteiger partial charge in [0.25, 0.3) is 5.91 Å². The minimum absolute atomic E-state index is 0.158. The Morgan fingerprint density at radius 1 is 1.20 bits per heavy atom. The standard InChI is InChI=1S/C19H28FN3O2/c20-17-14-15(4-5-18(17)23-10-1-2-11-23)19(25)21-8-3-9-22-12-6-16(24)7-13-22/h4-5,14,16,24H,1-3,6-13H2,(H,21,25). The molecule has 2 N–H and O–H groups in total. The summed E-state index contributed by atoms with van der Waals surface area (Å²) in [7, 11) is 0. The summed E-state index contributed by atoms with van der Waals surface area (Å²) in [5.74, 6) is -0.539. The van der Waals surface area contributed by atoms with E-state index in [0.29, 0.717) is 17.8 Å². The molecule has 0 radical (unpaired) electrons. The molecule has 0 saturated carbocycles. The molecule has 2 fully saturated rings. The number of aliphatic hydroxyl groups is 1. The van der Waals surface area contributed by atoms with Crippen molar-refractivity contribution in [3.63, 3.8) is 0 Å². The van der Waals surface area contributed by atoms with Crippen molar-refractivity contribution in [1.29, 1.82) is 0 Å². The maximum absolute atomic E-state index is 14.3. The fraction of sp³-hybridized carbons (Fsp3) is 0.632. The molecule has 0 atom stereocenters. The molecule has 2 aliphatic heterocycles. The van der Waals surface area contributed by atoms with Crippen molar-refractivity contribution >= 4 is 11.6 Å². The Hall–Kier alpha value is -1.66. The van der Waals surface area contributed by atoms with Crippen LogP contribution in [0.25, 0.3) is 0 Å². The molecule has 3 rings (SSSR count). The molecule has 2 heterocycles. The number of hydrogen-bond acceptors (Lipinski definition) is 4. The summed E-state index contributed by atoms with van der Waals surface area (Å²) in [6, 6.07) is 4.77. The SMILES string of the molecule is O=C(NCCCN1CCC(O)CC1)c1ccc(N2CCCC2)c(F)c1. The van der Waals surface area contributed by atoms with Crippen LogP contribution in [-0.4, -0.2) is 61.3 Å². The maximum atomic E-state index is 14.3. The van der Waals surface area contributed by atoms with E-state index in [1.807, 2.05) is 4.90 Å². The van der Waals surface area contributed by atoms with Gasteiger partial charge in [0.15, 0.2) is 0 Å². The number of carbonyl (C=O) groups excluding carboxylic acids is 1. The van der Waals surface area contributed by atoms with Crippen LogP contribution in [-0.2, 0) is 0 Å². The average Bonchev–Trinajstić information content (AvgIpc) is 3.14. The van der Waals surface area contributed by atoms with Gasteiger partial charge in [0.1, 0.15) is 5.82 Å². The minimum Gasteiger partial charge on any atom is -0.393 e. The van der Waals surface area contributed by atoms with E-state index in [4.69, 9.17) is 0 Å². The summed E-state index contributed by atoms with van der Waals surface area (Å²) in [4.78, 5) is 16.5. The summed E-state index contributed by atoms with van der Waals surface area (Å²) in [5.41, 5.74) is 0.975. The number of nitrogens with zero attached hydrogens (tertiary/aromatic N) is 2. The largest absolute Gasteiger partial charge is 0.393 e. The number of amides is 1. The first kappa shape index (κ1) is 18.1. The Bertz CT molecular complexity index is 582. The smallest absolute Gasteiger partial charge is 0.251 e. The zero-order valence-corrected chi connectivity index (χ0v) is 14.7. The van der Waals surface area contributed by atoms with Crippen LogP contribution in [0.1, 0.15) is 42.5 Å². The highest BCUT2D eigenvalue weighted by molar-refractivity contribution is 5.94. The van der Waals surface area contributed by atoms with Crippen LogP contribution in [0.2, 0.25) is 0 Å². The molecule has 5 nitrogen and oxygen atoms in total. The van der Waals surface area contributed by atoms with E-state index in [9.17, 15) is 14.3 Å². The fourth-order valence-electron chi connectivity index (χ4n) is 3.61. The van der Waals surface area contributed by atoms with E-state index in [1.54, 1.807) is 12.1 Å². The predicted molar refractivity (Wildman–Crippen MR) is 96.5 cm³/mol. The van der Waals surface area contributed by atoms with Crippen LogP contribution < -0.4 is 10.2 Å². The van der Waals surface area contributed by atoms with Crippen molar-refractivity contribution in [2.75, 3.05) is 44.2 Å². The quantitative estimate of drug-likeness (QED) is 0.772. The van der Waals surface area contributed by atoms with Crippen molar-refractivity contribution < 1.29 is 14.3 Å². The molecule has 0 aliphatic carbocycles. The van der Waals surface area contributed by atoms with E-state index in [0.717, 1.165) is 64.8 Å². The molecule has 25 heavy (non-hydrogen) atoms. The molecule has 1 aromatic rings. The number of hydrogen-bond donors (Lipinski definition) is 2. The van der Waals surface area contributed by atoms with Crippen LogP contribution in [0.4, 0.5) is 10.1 Å². The fourth-order valence-corrected chi connectivity index (χ4v) is 3.61. The van der Waals surface area contributed by atoms with Crippen molar-refractivity contribution in [3.8, 4) is 0 Å². The van der Waals surface area contributed by atoms with Gasteiger partial charge in [0, 0.05) is 38.3 Å². The summed E-state index contributed by atoms with van der Waals surface area (Å²) in [6.45, 7) is 5.09. The lowest BCUT2D eigenvalue weighted by Crippen LogP contribution is -2.37. The van der Waals surface area contributed by atoms with Gasteiger partial charge in [-0.2, -0.15) is 0 Å². The van der Waals surface area contributed by atoms with Gasteiger partial charge in [-0.1, -0.05) is 0 Å². The third-order valence-electron chi connectivity index (χ3n) is 5.15. The molecule has 1 amide bonds. The van der Waals surface area contributed by atoms with Gasteiger partial charge in [0.2, 0.25) is 0 Å². The Labute approximate surface area is 148 Å². The van der Waals surface area contributed by atoms with Crippen molar-refractivity contribution in [3.05, 3.63) is 29.6 Å². The number of likely N-dealkylation sites (tertiary alicyclic amines) is 1. The number of nitrogens with one attached hydrogen (secondary N) is 1. The van der Waals surface area contributed by atoms with Crippen LogP contribution >= 0.6 is 0 Å². The lowest BCUT2D eigenvalue weighted by Gasteiger charge is -2.29. The Balaban J connectivity index is 1.42. The molecule has 138 valence electrons.